The average Bonchev–Trinajstić information content (AvgIpc) is 2.09. The van der Waals surface area contributed by atoms with Gasteiger partial charge < -0.3 is 0 Å². The van der Waals surface area contributed by atoms with E-state index in [4.69, 9.17) is 17.1 Å². The van der Waals surface area contributed by atoms with E-state index in [2.05, 4.69) is 10.0 Å². The first-order valence-corrected chi connectivity index (χ1v) is 3.98. The summed E-state index contributed by atoms with van der Waals surface area (Å²) in [6.07, 6.45) is 0.805. The Kier molecular flexibility index (Phi) is 3.45. The van der Waals surface area contributed by atoms with E-state index >= 15 is 0 Å². The van der Waals surface area contributed by atoms with Crippen molar-refractivity contribution in [3.8, 4) is 0 Å². The van der Waals surface area contributed by atoms with Gasteiger partial charge in [-0.05, 0) is 24.1 Å². The molecule has 0 aliphatic carbocycles. The predicted octanol–water partition coefficient (Wildman–Crippen LogP) is 2.43. The molecule has 0 unspecified atom stereocenters. The third-order valence-corrected chi connectivity index (χ3v) is 1.74. The van der Waals surface area contributed by atoms with Gasteiger partial charge in [-0.1, -0.05) is 23.7 Å². The number of hydrogen-bond donors (Lipinski definition) is 1. The lowest BCUT2D eigenvalue weighted by Crippen LogP contribution is -1.88. The van der Waals surface area contributed by atoms with Crippen LogP contribution in [0.2, 0.25) is 5.02 Å². The maximum absolute atomic E-state index is 6.44. The van der Waals surface area contributed by atoms with Crippen LogP contribution in [0.4, 0.5) is 0 Å². The molecule has 0 heterocycles. The van der Waals surface area contributed by atoms with Crippen molar-refractivity contribution in [3.05, 3.63) is 34.9 Å². The van der Waals surface area contributed by atoms with Crippen LogP contribution in [0, 0.1) is 5.53 Å². The maximum atomic E-state index is 6.44. The fraction of sp³-hybridized carbons (Fsp3) is 0.250. The molecule has 0 amide bonds. The Hall–Kier alpha value is -1.18. The minimum absolute atomic E-state index is 0.561. The summed E-state index contributed by atoms with van der Waals surface area (Å²) in [6, 6.07) is 7.58. The fourth-order valence-electron chi connectivity index (χ4n) is 0.880. The van der Waals surface area contributed by atoms with Gasteiger partial charge in [0.05, 0.1) is 0 Å². The van der Waals surface area contributed by atoms with Crippen molar-refractivity contribution < 1.29 is 0 Å². The molecule has 0 saturated heterocycles. The van der Waals surface area contributed by atoms with Crippen molar-refractivity contribution in [1.82, 2.24) is 4.91 Å². The minimum Gasteiger partial charge on any atom is -0.0843 e. The van der Waals surface area contributed by atoms with Crippen molar-refractivity contribution in [2.24, 2.45) is 5.11 Å². The van der Waals surface area contributed by atoms with Gasteiger partial charge in [0.2, 0.25) is 4.91 Å². The third-order valence-electron chi connectivity index (χ3n) is 1.48. The summed E-state index contributed by atoms with van der Waals surface area (Å²) < 4.78 is 0. The lowest BCUT2D eigenvalue weighted by Gasteiger charge is -1.94. The molecule has 4 heteroatoms. The zero-order chi connectivity index (χ0) is 8.81. The second-order valence-electron chi connectivity index (χ2n) is 2.34. The van der Waals surface area contributed by atoms with Crippen LogP contribution >= 0.6 is 11.6 Å². The van der Waals surface area contributed by atoms with E-state index in [1.807, 2.05) is 24.3 Å². The lowest BCUT2D eigenvalue weighted by molar-refractivity contribution is 0.834. The number of benzene rings is 1. The lowest BCUT2D eigenvalue weighted by atomic mass is 10.2. The van der Waals surface area contributed by atoms with E-state index in [1.165, 1.54) is 0 Å². The van der Waals surface area contributed by atoms with Gasteiger partial charge in [-0.25, -0.2) is 0 Å². The van der Waals surface area contributed by atoms with Crippen molar-refractivity contribution >= 4 is 11.6 Å². The zero-order valence-electron chi connectivity index (χ0n) is 6.50. The molecule has 0 bridgehead atoms. The summed E-state index contributed by atoms with van der Waals surface area (Å²) in [4.78, 5) is 2.92. The van der Waals surface area contributed by atoms with Crippen molar-refractivity contribution in [1.29, 1.82) is 5.53 Å². The van der Waals surface area contributed by atoms with Gasteiger partial charge in [-0.2, -0.15) is 0 Å². The molecule has 1 aromatic carbocycles. The SMILES string of the molecule is N=[N+]=NCCc1ccc(Cl)cc1. The number of halogens is 1. The third kappa shape index (κ3) is 2.82. The highest BCUT2D eigenvalue weighted by Gasteiger charge is 1.93. The molecule has 0 fully saturated rings. The summed E-state index contributed by atoms with van der Waals surface area (Å²) in [6.45, 7) is 0.561. The Morgan fingerprint density at radius 3 is 2.58 bits per heavy atom. The Morgan fingerprint density at radius 1 is 1.33 bits per heavy atom. The molecule has 0 atom stereocenters. The van der Waals surface area contributed by atoms with Gasteiger partial charge in [-0.15, -0.1) is 0 Å². The van der Waals surface area contributed by atoms with E-state index in [0.717, 1.165) is 17.0 Å². The quantitative estimate of drug-likeness (QED) is 0.552. The van der Waals surface area contributed by atoms with Gasteiger partial charge >= 0.3 is 0 Å². The summed E-state index contributed by atoms with van der Waals surface area (Å²) in [5, 5.41) is 4.29. The van der Waals surface area contributed by atoms with Crippen LogP contribution in [-0.2, 0) is 6.42 Å². The standard InChI is InChI=1S/C8H9ClN3/c9-8-3-1-7(2-4-8)5-6-11-12-10/h1-4,10H,5-6H2/q+1. The van der Waals surface area contributed by atoms with Crippen LogP contribution in [0.5, 0.6) is 0 Å². The van der Waals surface area contributed by atoms with Gasteiger partial charge in [0.25, 0.3) is 0 Å². The highest BCUT2D eigenvalue weighted by atomic mass is 35.5. The molecule has 62 valence electrons. The Labute approximate surface area is 75.6 Å². The molecule has 0 aromatic heterocycles. The molecule has 1 rings (SSSR count). The highest BCUT2D eigenvalue weighted by Crippen LogP contribution is 2.09. The molecule has 1 N–H and O–H groups in total. The second kappa shape index (κ2) is 4.65. The van der Waals surface area contributed by atoms with E-state index in [0.29, 0.717) is 6.54 Å². The molecular weight excluding hydrogens is 174 g/mol. The normalized spacial score (nSPS) is 9.08. The second-order valence-corrected chi connectivity index (χ2v) is 2.78. The smallest absolute Gasteiger partial charge is 0.0843 e. The Bertz CT molecular complexity index is 288. The summed E-state index contributed by atoms with van der Waals surface area (Å²) in [5.41, 5.74) is 7.60. The number of nitrogens with zero attached hydrogens (tertiary/aromatic N) is 2. The van der Waals surface area contributed by atoms with Crippen molar-refractivity contribution in [2.75, 3.05) is 6.54 Å². The van der Waals surface area contributed by atoms with Crippen LogP contribution < -0.4 is 4.91 Å². The molecule has 12 heavy (non-hydrogen) atoms. The highest BCUT2D eigenvalue weighted by molar-refractivity contribution is 6.30. The van der Waals surface area contributed by atoms with Crippen LogP contribution in [0.15, 0.2) is 29.4 Å². The number of nitrogens with one attached hydrogen (secondary N) is 1. The predicted molar refractivity (Wildman–Crippen MR) is 47.3 cm³/mol. The monoisotopic (exact) mass is 182 g/mol. The maximum Gasteiger partial charge on any atom is 0.214 e. The van der Waals surface area contributed by atoms with Gasteiger partial charge in [-0.3, -0.25) is 0 Å². The molecule has 1 aromatic rings. The first kappa shape index (κ1) is 8.91. The van der Waals surface area contributed by atoms with Crippen LogP contribution in [-0.4, -0.2) is 6.54 Å². The van der Waals surface area contributed by atoms with E-state index in [-0.39, 0.29) is 0 Å². The Morgan fingerprint density at radius 2 is 2.00 bits per heavy atom. The van der Waals surface area contributed by atoms with Crippen molar-refractivity contribution in [3.63, 3.8) is 0 Å². The largest absolute Gasteiger partial charge is 0.214 e. The molecule has 0 spiro atoms. The fourth-order valence-corrected chi connectivity index (χ4v) is 1.01. The summed E-state index contributed by atoms with van der Waals surface area (Å²) >= 11 is 5.70. The molecule has 0 saturated carbocycles. The molecule has 0 aliphatic rings. The molecular formula is C8H9ClN3+. The molecule has 0 radical (unpaired) electrons. The topological polar surface area (TPSA) is 50.3 Å². The van der Waals surface area contributed by atoms with Crippen LogP contribution in [0.25, 0.3) is 0 Å². The Balaban J connectivity index is 2.53. The first-order chi connectivity index (χ1) is 5.83. The van der Waals surface area contributed by atoms with E-state index in [9.17, 15) is 0 Å². The minimum atomic E-state index is 0.561. The van der Waals surface area contributed by atoms with Gasteiger partial charge in [0.15, 0.2) is 0 Å². The number of rotatable bonds is 3. The van der Waals surface area contributed by atoms with E-state index in [1.54, 1.807) is 0 Å². The van der Waals surface area contributed by atoms with Gasteiger partial charge in [0.1, 0.15) is 17.2 Å². The average molecular weight is 183 g/mol. The zero-order valence-corrected chi connectivity index (χ0v) is 7.25. The molecule has 3 nitrogen and oxygen atoms in total. The van der Waals surface area contributed by atoms with Crippen LogP contribution in [0.3, 0.4) is 0 Å². The molecule has 0 aliphatic heterocycles. The van der Waals surface area contributed by atoms with Gasteiger partial charge in [0, 0.05) is 5.02 Å². The number of hydrogen-bond acceptors (Lipinski definition) is 2. The van der Waals surface area contributed by atoms with E-state index < -0.39 is 0 Å². The van der Waals surface area contributed by atoms with Crippen LogP contribution in [0.1, 0.15) is 5.56 Å². The van der Waals surface area contributed by atoms with Crippen molar-refractivity contribution in [2.45, 2.75) is 6.42 Å². The first-order valence-electron chi connectivity index (χ1n) is 3.60. The summed E-state index contributed by atoms with van der Waals surface area (Å²) in [5.74, 6) is 0. The summed E-state index contributed by atoms with van der Waals surface area (Å²) in [7, 11) is 0.